The molecular weight excluding hydrogens is 1770 g/mol. The van der Waals surface area contributed by atoms with Crippen molar-refractivity contribution in [3.05, 3.63) is 503 Å². The van der Waals surface area contributed by atoms with E-state index in [1.807, 2.05) is 34.0 Å². The molecule has 0 unspecified atom stereocenters. The molecule has 0 saturated carbocycles. The van der Waals surface area contributed by atoms with E-state index in [1.165, 1.54) is 236 Å². The van der Waals surface area contributed by atoms with Crippen LogP contribution in [0.3, 0.4) is 0 Å². The number of fused-ring (bicyclic) bond motifs is 27. The minimum absolute atomic E-state index is 0.977. The van der Waals surface area contributed by atoms with Crippen LogP contribution in [0.5, 0.6) is 0 Å². The van der Waals surface area contributed by atoms with Crippen molar-refractivity contribution in [1.29, 1.82) is 0 Å². The van der Waals surface area contributed by atoms with Gasteiger partial charge in [0.1, 0.15) is 0 Å². The number of aromatic nitrogens is 3. The Bertz CT molecular complexity index is 9970. The van der Waals surface area contributed by atoms with Crippen LogP contribution in [-0.4, -0.2) is 15.0 Å². The van der Waals surface area contributed by atoms with E-state index in [1.54, 1.807) is 0 Å². The van der Waals surface area contributed by atoms with Crippen molar-refractivity contribution in [3.8, 4) is 123 Å². The third-order valence-electron chi connectivity index (χ3n) is 28.7. The minimum atomic E-state index is 0.977. The summed E-state index contributed by atoms with van der Waals surface area (Å²) in [6.45, 7) is 2.20. The van der Waals surface area contributed by atoms with Crippen LogP contribution in [0.25, 0.3) is 281 Å². The Morgan fingerprint density at radius 2 is 0.373 bits per heavy atom. The molecule has 0 spiro atoms. The molecular formula is C136H85N3S3. The first-order valence-electron chi connectivity index (χ1n) is 48.5. The van der Waals surface area contributed by atoms with Gasteiger partial charge >= 0.3 is 0 Å². The number of thiophene rings is 3. The van der Waals surface area contributed by atoms with Gasteiger partial charge in [-0.2, -0.15) is 0 Å². The molecule has 0 fully saturated rings. The number of aryl methyl sites for hydroxylation is 1. The zero-order valence-electron chi connectivity index (χ0n) is 77.4. The summed E-state index contributed by atoms with van der Waals surface area (Å²) in [5, 5.41) is 26.3. The predicted octanol–water partition coefficient (Wildman–Crippen LogP) is 39.4. The molecule has 6 aromatic heterocycles. The molecule has 6 heterocycles. The van der Waals surface area contributed by atoms with Gasteiger partial charge in [-0.05, 0) is 218 Å². The van der Waals surface area contributed by atoms with E-state index in [2.05, 4.69) is 504 Å². The van der Waals surface area contributed by atoms with Crippen molar-refractivity contribution in [3.63, 3.8) is 0 Å². The molecule has 29 rings (SSSR count). The van der Waals surface area contributed by atoms with Crippen LogP contribution in [0.1, 0.15) is 5.56 Å². The lowest BCUT2D eigenvalue weighted by atomic mass is 9.93. The molecule has 0 atom stereocenters. The Balaban J connectivity index is 0.000000108. The number of nitrogens with zero attached hydrogens (tertiary/aromatic N) is 3. The summed E-state index contributed by atoms with van der Waals surface area (Å²) in [5.41, 5.74) is 30.5. The second-order valence-corrected chi connectivity index (χ2v) is 40.1. The molecule has 0 N–H and O–H groups in total. The molecule has 0 aliphatic carbocycles. The maximum atomic E-state index is 5.33. The first-order valence-corrected chi connectivity index (χ1v) is 50.9. The Morgan fingerprint density at radius 1 is 0.134 bits per heavy atom. The Labute approximate surface area is 832 Å². The van der Waals surface area contributed by atoms with Crippen molar-refractivity contribution in [2.45, 2.75) is 6.92 Å². The largest absolute Gasteiger partial charge is 0.247 e. The lowest BCUT2D eigenvalue weighted by Crippen LogP contribution is -1.89. The van der Waals surface area contributed by atoms with Gasteiger partial charge in [0.15, 0.2) is 0 Å². The summed E-state index contributed by atoms with van der Waals surface area (Å²) >= 11 is 5.69. The van der Waals surface area contributed by atoms with Gasteiger partial charge in [-0.1, -0.05) is 413 Å². The topological polar surface area (TPSA) is 38.7 Å². The Hall–Kier alpha value is -17.5. The van der Waals surface area contributed by atoms with Crippen molar-refractivity contribution in [1.82, 2.24) is 15.0 Å². The SMILES string of the molecule is Cc1cccc2c1sc1c(-c3ccc(-c4ccc5c6ccccc6c6ccccc6c5n4)cc3)cccc12.c1ccc(-c2cc(-c3ccccc3)c3sc4c(-c5ccc(-c6ccc7c8ccccc8c8ccccc8c7n6)cc5)cc(-c5ccccc5)cc4c3c2)cc1.c1ccc(-c2ccc3sc4c(-c5ccc(-c6ccc7c8ccccc8c8ccccc8c7n6)cc5)cc(-c5ccccc5)cc4c3c2)cc1. The zero-order chi connectivity index (χ0) is 93.8. The monoisotopic (exact) mass is 1860 g/mol. The average Bonchev–Trinajstić information content (AvgIpc) is 1.23. The van der Waals surface area contributed by atoms with Gasteiger partial charge in [-0.15, -0.1) is 34.0 Å². The molecule has 23 aromatic carbocycles. The summed E-state index contributed by atoms with van der Waals surface area (Å²) in [5.74, 6) is 0. The second kappa shape index (κ2) is 35.2. The molecule has 29 aromatic rings. The van der Waals surface area contributed by atoms with Crippen LogP contribution in [0.15, 0.2) is 497 Å². The highest BCUT2D eigenvalue weighted by Crippen LogP contribution is 2.51. The van der Waals surface area contributed by atoms with E-state index >= 15 is 0 Å². The number of rotatable bonds is 11. The Kier molecular flexibility index (Phi) is 20.8. The third kappa shape index (κ3) is 14.7. The van der Waals surface area contributed by atoms with Crippen molar-refractivity contribution in [2.75, 3.05) is 0 Å². The van der Waals surface area contributed by atoms with E-state index in [0.717, 1.165) is 50.3 Å². The highest BCUT2D eigenvalue weighted by molar-refractivity contribution is 7.27. The van der Waals surface area contributed by atoms with E-state index < -0.39 is 0 Å². The van der Waals surface area contributed by atoms with Crippen LogP contribution in [0, 0.1) is 6.92 Å². The second-order valence-electron chi connectivity index (χ2n) is 37.0. The summed E-state index contributed by atoms with van der Waals surface area (Å²) in [6.07, 6.45) is 0. The van der Waals surface area contributed by atoms with Crippen LogP contribution < -0.4 is 0 Å². The molecule has 0 amide bonds. The lowest BCUT2D eigenvalue weighted by Gasteiger charge is -2.12. The van der Waals surface area contributed by atoms with Gasteiger partial charge in [-0.3, -0.25) is 0 Å². The fourth-order valence-corrected chi connectivity index (χ4v) is 25.6. The molecule has 0 bridgehead atoms. The van der Waals surface area contributed by atoms with Crippen LogP contribution >= 0.6 is 34.0 Å². The fourth-order valence-electron chi connectivity index (χ4n) is 21.7. The van der Waals surface area contributed by atoms with Gasteiger partial charge in [0.2, 0.25) is 0 Å². The van der Waals surface area contributed by atoms with Gasteiger partial charge in [-0.25, -0.2) is 15.0 Å². The molecule has 0 aliphatic heterocycles. The summed E-state index contributed by atoms with van der Waals surface area (Å²) in [4.78, 5) is 15.8. The first-order chi connectivity index (χ1) is 70.3. The molecule has 662 valence electrons. The third-order valence-corrected chi connectivity index (χ3v) is 32.6. The molecule has 6 heteroatoms. The number of pyridine rings is 3. The molecule has 0 aliphatic rings. The van der Waals surface area contributed by atoms with Crippen LogP contribution in [-0.2, 0) is 0 Å². The molecule has 142 heavy (non-hydrogen) atoms. The lowest BCUT2D eigenvalue weighted by molar-refractivity contribution is 1.41. The van der Waals surface area contributed by atoms with Crippen molar-refractivity contribution >= 4 is 192 Å². The number of hydrogen-bond acceptors (Lipinski definition) is 6. The van der Waals surface area contributed by atoms with Gasteiger partial charge in [0.25, 0.3) is 0 Å². The predicted molar refractivity (Wildman–Crippen MR) is 613 cm³/mol. The van der Waals surface area contributed by atoms with Gasteiger partial charge in [0.05, 0.1) is 33.6 Å². The highest BCUT2D eigenvalue weighted by atomic mass is 32.1. The quantitative estimate of drug-likeness (QED) is 0.121. The zero-order valence-corrected chi connectivity index (χ0v) is 79.9. The van der Waals surface area contributed by atoms with E-state index in [9.17, 15) is 0 Å². The van der Waals surface area contributed by atoms with E-state index in [-0.39, 0.29) is 0 Å². The van der Waals surface area contributed by atoms with Crippen LogP contribution in [0.2, 0.25) is 0 Å². The van der Waals surface area contributed by atoms with E-state index in [4.69, 9.17) is 15.0 Å². The van der Waals surface area contributed by atoms with E-state index in [0.29, 0.717) is 0 Å². The molecule has 3 nitrogen and oxygen atoms in total. The molecule has 0 saturated heterocycles. The summed E-state index contributed by atoms with van der Waals surface area (Å²) in [7, 11) is 0. The van der Waals surface area contributed by atoms with Gasteiger partial charge in [0, 0.05) is 126 Å². The maximum Gasteiger partial charge on any atom is 0.0794 e. The summed E-state index contributed by atoms with van der Waals surface area (Å²) in [6, 6.07) is 180. The average molecular weight is 1860 g/mol. The smallest absolute Gasteiger partial charge is 0.0794 e. The highest BCUT2D eigenvalue weighted by Gasteiger charge is 2.24. The van der Waals surface area contributed by atoms with Crippen molar-refractivity contribution in [2.24, 2.45) is 0 Å². The maximum absolute atomic E-state index is 5.33. The number of benzene rings is 23. The fraction of sp³-hybridized carbons (Fsp3) is 0.00735. The summed E-state index contributed by atoms with van der Waals surface area (Å²) < 4.78 is 7.96. The minimum Gasteiger partial charge on any atom is -0.247 e. The normalized spacial score (nSPS) is 11.7. The Morgan fingerprint density at radius 3 is 0.739 bits per heavy atom. The first kappa shape index (κ1) is 83.8. The standard InChI is InChI=1S/C53H33NS.C47H29NS.C36H23NS/c1-4-14-34(15-5-1)39-30-46(36-18-8-3-9-19-36)52-48(32-39)49-33-40(35-16-6-2-7-17-35)31-47(53(49)55-52)37-24-26-38(27-25-37)50-29-28-45-43-22-11-10-20-41(43)42-21-12-13-23-44(42)51(45)54-50;1-3-11-30(12-4-1)34-23-26-45-42(27-34)43-29-35(31-13-5-2-6-14-31)28-41(47(43)49-45)32-19-21-33(22-20-32)44-25-24-40-38-17-8-7-15-36(38)37-16-9-10-18-39(37)46(40)48-44;1-22-8-6-14-31-32-15-7-13-25(36(32)38-35(22)31)23-16-18-24(19-17-23)33-21-20-30-28-11-3-2-9-26(28)27-10-4-5-12-29(27)34(30)37-33/h1-33H;1-29H;2-21H,1H3. The van der Waals surface area contributed by atoms with Gasteiger partial charge < -0.3 is 0 Å². The molecule has 0 radical (unpaired) electrons. The van der Waals surface area contributed by atoms with Crippen molar-refractivity contribution < 1.29 is 0 Å². The van der Waals surface area contributed by atoms with Crippen LogP contribution in [0.4, 0.5) is 0 Å². The number of hydrogen-bond donors (Lipinski definition) is 0.